The van der Waals surface area contributed by atoms with Crippen LogP contribution in [0.5, 0.6) is 0 Å². The highest BCUT2D eigenvalue weighted by Crippen LogP contribution is 2.61. The van der Waals surface area contributed by atoms with Gasteiger partial charge in [-0.05, 0) is 18.9 Å². The van der Waals surface area contributed by atoms with E-state index in [1.807, 2.05) is 0 Å². The van der Waals surface area contributed by atoms with Crippen molar-refractivity contribution in [2.75, 3.05) is 0 Å². The Bertz CT molecular complexity index is 476. The fraction of sp³-hybridized carbons (Fsp3) is 0.889. The zero-order valence-electron chi connectivity index (χ0n) is 16.5. The Hall–Kier alpha value is -0.160. The molecule has 0 aliphatic carbocycles. The smallest absolute Gasteiger partial charge is 0.416 e. The Labute approximate surface area is 163 Å². The van der Waals surface area contributed by atoms with Crippen LogP contribution in [0.4, 0.5) is 0 Å². The molecule has 0 radical (unpaired) electrons. The SMILES string of the molecule is CCCCCCCCCCCCCCCC=COP(=O)(O)C(O)P(=O)(O)O. The minimum Gasteiger partial charge on any atom is -0.431 e. The lowest BCUT2D eigenvalue weighted by molar-refractivity contribution is 0.215. The summed E-state index contributed by atoms with van der Waals surface area (Å²) in [5.74, 6) is 0. The molecular weight excluding hydrogens is 390 g/mol. The van der Waals surface area contributed by atoms with Gasteiger partial charge in [-0.25, -0.2) is 4.57 Å². The lowest BCUT2D eigenvalue weighted by Gasteiger charge is -2.17. The molecule has 9 heteroatoms. The lowest BCUT2D eigenvalue weighted by Crippen LogP contribution is -2.08. The summed E-state index contributed by atoms with van der Waals surface area (Å²) in [6, 6.07) is 0. The number of unbranched alkanes of at least 4 members (excludes halogenated alkanes) is 13. The summed E-state index contributed by atoms with van der Waals surface area (Å²) in [4.78, 5) is 26.6. The molecule has 0 aliphatic rings. The van der Waals surface area contributed by atoms with Crippen LogP contribution in [0.25, 0.3) is 0 Å². The standard InChI is InChI=1S/C18H38O7P2/c1-2-3-4-5-6-7-8-9-10-11-12-13-14-15-16-17-25-27(23,24)18(19)26(20,21)22/h16-19H,2-15H2,1H3,(H,23,24)(H2,20,21,22). The lowest BCUT2D eigenvalue weighted by atomic mass is 10.0. The molecule has 0 aliphatic heterocycles. The topological polar surface area (TPSA) is 124 Å². The number of rotatable bonds is 18. The number of hydrogen-bond acceptors (Lipinski definition) is 4. The van der Waals surface area contributed by atoms with Gasteiger partial charge >= 0.3 is 15.2 Å². The Morgan fingerprint density at radius 2 is 1.19 bits per heavy atom. The van der Waals surface area contributed by atoms with Crippen LogP contribution < -0.4 is 0 Å². The van der Waals surface area contributed by atoms with Crippen LogP contribution in [0.15, 0.2) is 12.3 Å². The van der Waals surface area contributed by atoms with Gasteiger partial charge in [-0.1, -0.05) is 84.0 Å². The van der Waals surface area contributed by atoms with Crippen molar-refractivity contribution in [1.82, 2.24) is 0 Å². The van der Waals surface area contributed by atoms with Crippen molar-refractivity contribution in [1.29, 1.82) is 0 Å². The number of allylic oxidation sites excluding steroid dienone is 1. The van der Waals surface area contributed by atoms with E-state index in [1.165, 1.54) is 70.3 Å². The van der Waals surface area contributed by atoms with Crippen molar-refractivity contribution in [2.45, 2.75) is 102 Å². The van der Waals surface area contributed by atoms with Crippen molar-refractivity contribution >= 4 is 15.2 Å². The van der Waals surface area contributed by atoms with E-state index >= 15 is 0 Å². The van der Waals surface area contributed by atoms with E-state index in [4.69, 9.17) is 14.9 Å². The highest BCUT2D eigenvalue weighted by Gasteiger charge is 2.44. The highest BCUT2D eigenvalue weighted by molar-refractivity contribution is 7.70. The van der Waals surface area contributed by atoms with Crippen molar-refractivity contribution in [3.63, 3.8) is 0 Å². The molecule has 0 bridgehead atoms. The Morgan fingerprint density at radius 3 is 1.59 bits per heavy atom. The van der Waals surface area contributed by atoms with Gasteiger partial charge in [0.2, 0.25) is 0 Å². The average molecular weight is 428 g/mol. The van der Waals surface area contributed by atoms with Crippen LogP contribution in [0, 0.1) is 0 Å². The van der Waals surface area contributed by atoms with E-state index in [0.717, 1.165) is 25.5 Å². The summed E-state index contributed by atoms with van der Waals surface area (Å²) in [5, 5.41) is 9.10. The van der Waals surface area contributed by atoms with Gasteiger partial charge in [-0.15, -0.1) is 0 Å². The van der Waals surface area contributed by atoms with Gasteiger partial charge in [0.15, 0.2) is 0 Å². The molecule has 0 saturated heterocycles. The van der Waals surface area contributed by atoms with Crippen LogP contribution in [0.3, 0.4) is 0 Å². The summed E-state index contributed by atoms with van der Waals surface area (Å²) in [7, 11) is -9.87. The third kappa shape index (κ3) is 15.4. The van der Waals surface area contributed by atoms with Gasteiger partial charge in [-0.2, -0.15) is 0 Å². The average Bonchev–Trinajstić information content (AvgIpc) is 2.60. The molecule has 2 atom stereocenters. The number of aliphatic hydroxyl groups is 1. The van der Waals surface area contributed by atoms with Crippen molar-refractivity contribution in [3.05, 3.63) is 12.3 Å². The molecule has 2 unspecified atom stereocenters. The zero-order chi connectivity index (χ0) is 20.6. The predicted octanol–water partition coefficient (Wildman–Crippen LogP) is 5.64. The van der Waals surface area contributed by atoms with Gasteiger partial charge in [0.05, 0.1) is 6.26 Å². The Balaban J connectivity index is 3.50. The third-order valence-corrected chi connectivity index (χ3v) is 7.76. The molecule has 27 heavy (non-hydrogen) atoms. The molecule has 4 N–H and O–H groups in total. The van der Waals surface area contributed by atoms with Crippen molar-refractivity contribution in [3.8, 4) is 0 Å². The largest absolute Gasteiger partial charge is 0.431 e. The summed E-state index contributed by atoms with van der Waals surface area (Å²) >= 11 is 0. The van der Waals surface area contributed by atoms with Gasteiger partial charge in [-0.3, -0.25) is 4.57 Å². The van der Waals surface area contributed by atoms with Crippen LogP contribution >= 0.6 is 15.2 Å². The first-order valence-electron chi connectivity index (χ1n) is 10.1. The maximum Gasteiger partial charge on any atom is 0.416 e. The van der Waals surface area contributed by atoms with Crippen LogP contribution in [0.2, 0.25) is 0 Å². The van der Waals surface area contributed by atoms with Gasteiger partial charge < -0.3 is 24.3 Å². The Kier molecular flexibility index (Phi) is 15.6. The van der Waals surface area contributed by atoms with Gasteiger partial charge in [0.1, 0.15) is 0 Å². The van der Waals surface area contributed by atoms with E-state index in [9.17, 15) is 14.0 Å². The van der Waals surface area contributed by atoms with E-state index in [1.54, 1.807) is 0 Å². The molecule has 0 spiro atoms. The maximum atomic E-state index is 11.4. The number of hydrogen-bond donors (Lipinski definition) is 4. The molecule has 0 aromatic carbocycles. The quantitative estimate of drug-likeness (QED) is 0.127. The number of aliphatic hydroxyl groups excluding tert-OH is 1. The zero-order valence-corrected chi connectivity index (χ0v) is 18.3. The maximum absolute atomic E-state index is 11.4. The summed E-state index contributed by atoms with van der Waals surface area (Å²) in [6.07, 6.45) is 19.4. The summed E-state index contributed by atoms with van der Waals surface area (Å²) in [5.41, 5.74) is -2.72. The summed E-state index contributed by atoms with van der Waals surface area (Å²) < 4.78 is 26.6. The molecule has 0 aromatic rings. The van der Waals surface area contributed by atoms with E-state index < -0.39 is 20.8 Å². The monoisotopic (exact) mass is 428 g/mol. The predicted molar refractivity (Wildman–Crippen MR) is 108 cm³/mol. The van der Waals surface area contributed by atoms with Gasteiger partial charge in [0.25, 0.3) is 5.59 Å². The minimum atomic E-state index is -5.09. The second kappa shape index (κ2) is 15.7. The molecule has 7 nitrogen and oxygen atoms in total. The molecule has 0 rings (SSSR count). The van der Waals surface area contributed by atoms with Crippen molar-refractivity contribution < 1.29 is 33.4 Å². The minimum absolute atomic E-state index is 0.643. The van der Waals surface area contributed by atoms with Crippen LogP contribution in [-0.4, -0.2) is 25.4 Å². The van der Waals surface area contributed by atoms with Gasteiger partial charge in [0, 0.05) is 0 Å². The van der Waals surface area contributed by atoms with E-state index in [0.29, 0.717) is 6.42 Å². The van der Waals surface area contributed by atoms with Crippen LogP contribution in [-0.2, 0) is 13.7 Å². The first kappa shape index (κ1) is 26.8. The Morgan fingerprint density at radius 1 is 0.778 bits per heavy atom. The molecular formula is C18H38O7P2. The molecule has 0 fully saturated rings. The summed E-state index contributed by atoms with van der Waals surface area (Å²) in [6.45, 7) is 2.23. The molecule has 0 aromatic heterocycles. The van der Waals surface area contributed by atoms with E-state index in [-0.39, 0.29) is 0 Å². The molecule has 162 valence electrons. The molecule has 0 saturated carbocycles. The first-order chi connectivity index (χ1) is 12.7. The molecule has 0 amide bonds. The van der Waals surface area contributed by atoms with E-state index in [2.05, 4.69) is 11.4 Å². The van der Waals surface area contributed by atoms with Crippen LogP contribution in [0.1, 0.15) is 96.8 Å². The second-order valence-electron chi connectivity index (χ2n) is 7.01. The first-order valence-corrected chi connectivity index (χ1v) is 13.4. The fourth-order valence-electron chi connectivity index (χ4n) is 2.72. The second-order valence-corrected chi connectivity index (χ2v) is 10.9. The fourth-order valence-corrected chi connectivity index (χ4v) is 4.78. The van der Waals surface area contributed by atoms with Crippen molar-refractivity contribution in [2.24, 2.45) is 0 Å². The highest BCUT2D eigenvalue weighted by atomic mass is 31.2. The molecule has 0 heterocycles. The normalized spacial score (nSPS) is 15.7. The third-order valence-electron chi connectivity index (χ3n) is 4.38.